The molecule has 0 aliphatic carbocycles. The van der Waals surface area contributed by atoms with Gasteiger partial charge in [-0.3, -0.25) is 4.90 Å². The number of alkyl halides is 3. The number of nitrogens with one attached hydrogen (secondary N) is 1. The summed E-state index contributed by atoms with van der Waals surface area (Å²) in [6, 6.07) is 13.4. The first-order valence-corrected chi connectivity index (χ1v) is 7.88. The summed E-state index contributed by atoms with van der Waals surface area (Å²) in [5.41, 5.74) is 1.98. The number of thiol groups is 1. The Hall–Kier alpha value is -1.66. The van der Waals surface area contributed by atoms with Crippen molar-refractivity contribution in [2.24, 2.45) is 0 Å². The van der Waals surface area contributed by atoms with Crippen molar-refractivity contribution in [3.05, 3.63) is 65.2 Å². The second kappa shape index (κ2) is 6.45. The van der Waals surface area contributed by atoms with Gasteiger partial charge in [0.2, 0.25) is 0 Å². The van der Waals surface area contributed by atoms with E-state index in [1.807, 2.05) is 12.1 Å². The van der Waals surface area contributed by atoms with E-state index in [0.29, 0.717) is 5.69 Å². The zero-order valence-corrected chi connectivity index (χ0v) is 13.2. The Labute approximate surface area is 138 Å². The molecule has 0 amide bonds. The highest BCUT2D eigenvalue weighted by atomic mass is 32.1. The second-order valence-corrected chi connectivity index (χ2v) is 6.07. The van der Waals surface area contributed by atoms with Crippen molar-refractivity contribution in [3.63, 3.8) is 0 Å². The molecule has 0 saturated heterocycles. The summed E-state index contributed by atoms with van der Waals surface area (Å²) in [5, 5.41) is 3.05. The highest BCUT2D eigenvalue weighted by Gasteiger charge is 2.30. The lowest BCUT2D eigenvalue weighted by Gasteiger charge is -2.33. The lowest BCUT2D eigenvalue weighted by molar-refractivity contribution is -0.137. The number of hydrogen-bond donors (Lipinski definition) is 2. The van der Waals surface area contributed by atoms with E-state index in [-0.39, 0.29) is 5.50 Å². The fourth-order valence-electron chi connectivity index (χ4n) is 2.75. The molecule has 2 aromatic rings. The molecular weight excluding hydrogens is 321 g/mol. The van der Waals surface area contributed by atoms with E-state index < -0.39 is 11.7 Å². The van der Waals surface area contributed by atoms with Crippen LogP contribution in [-0.4, -0.2) is 16.9 Å². The summed E-state index contributed by atoms with van der Waals surface area (Å²) >= 11 is 4.52. The maximum Gasteiger partial charge on any atom is 0.416 e. The Bertz CT molecular complexity index is 688. The average molecular weight is 338 g/mol. The van der Waals surface area contributed by atoms with E-state index in [9.17, 15) is 13.2 Å². The zero-order valence-electron chi connectivity index (χ0n) is 12.3. The molecule has 3 rings (SSSR count). The molecule has 1 N–H and O–H groups in total. The molecule has 0 spiro atoms. The van der Waals surface area contributed by atoms with Crippen LogP contribution in [0.4, 0.5) is 18.9 Å². The van der Waals surface area contributed by atoms with Crippen molar-refractivity contribution in [3.8, 4) is 0 Å². The topological polar surface area (TPSA) is 15.3 Å². The molecular formula is C17H17F3N2S. The molecule has 23 heavy (non-hydrogen) atoms. The normalized spacial score (nSPS) is 16.7. The second-order valence-electron chi connectivity index (χ2n) is 5.59. The van der Waals surface area contributed by atoms with Gasteiger partial charge in [-0.2, -0.15) is 13.2 Å². The van der Waals surface area contributed by atoms with Crippen molar-refractivity contribution in [1.82, 2.24) is 4.90 Å². The first kappa shape index (κ1) is 16.2. The van der Waals surface area contributed by atoms with Gasteiger partial charge in [-0.05, 0) is 35.7 Å². The molecule has 0 fully saturated rings. The first-order valence-electron chi connectivity index (χ1n) is 7.36. The van der Waals surface area contributed by atoms with E-state index in [2.05, 4.69) is 35.0 Å². The zero-order chi connectivity index (χ0) is 16.4. The van der Waals surface area contributed by atoms with Crippen LogP contribution in [0, 0.1) is 0 Å². The van der Waals surface area contributed by atoms with Gasteiger partial charge in [-0.1, -0.05) is 30.3 Å². The molecule has 0 aromatic heterocycles. The largest absolute Gasteiger partial charge is 0.416 e. The molecule has 1 aliphatic heterocycles. The summed E-state index contributed by atoms with van der Waals surface area (Å²) in [7, 11) is 0. The summed E-state index contributed by atoms with van der Waals surface area (Å²) in [6.45, 7) is 1.55. The average Bonchev–Trinajstić information content (AvgIpc) is 2.54. The van der Waals surface area contributed by atoms with Crippen molar-refractivity contribution < 1.29 is 13.2 Å². The minimum Gasteiger partial charge on any atom is -0.361 e. The number of benzene rings is 2. The van der Waals surface area contributed by atoms with E-state index in [1.54, 1.807) is 6.07 Å². The van der Waals surface area contributed by atoms with Crippen LogP contribution in [-0.2, 0) is 19.1 Å². The molecule has 1 unspecified atom stereocenters. The molecule has 2 aromatic carbocycles. The highest BCUT2D eigenvalue weighted by molar-refractivity contribution is 7.81. The van der Waals surface area contributed by atoms with E-state index >= 15 is 0 Å². The van der Waals surface area contributed by atoms with E-state index in [0.717, 1.165) is 31.6 Å². The summed E-state index contributed by atoms with van der Waals surface area (Å²) in [4.78, 5) is 2.10. The summed E-state index contributed by atoms with van der Waals surface area (Å²) in [5.74, 6) is 0. The third-order valence-corrected chi connectivity index (χ3v) is 4.45. The van der Waals surface area contributed by atoms with Gasteiger partial charge in [0.15, 0.2) is 0 Å². The Kier molecular flexibility index (Phi) is 4.55. The van der Waals surface area contributed by atoms with Gasteiger partial charge in [-0.15, -0.1) is 12.6 Å². The SMILES string of the molecule is FC(F)(F)c1cccc(NC(S)N2CCc3ccccc3C2)c1. The maximum atomic E-state index is 12.8. The van der Waals surface area contributed by atoms with Crippen molar-refractivity contribution in [2.75, 3.05) is 11.9 Å². The number of hydrogen-bond acceptors (Lipinski definition) is 3. The molecule has 122 valence electrons. The minimum atomic E-state index is -4.34. The van der Waals surface area contributed by atoms with Crippen molar-refractivity contribution in [1.29, 1.82) is 0 Å². The van der Waals surface area contributed by atoms with Gasteiger partial charge in [-0.25, -0.2) is 0 Å². The molecule has 2 nitrogen and oxygen atoms in total. The number of nitrogens with zero attached hydrogens (tertiary/aromatic N) is 1. The Morgan fingerprint density at radius 3 is 2.52 bits per heavy atom. The van der Waals surface area contributed by atoms with Crippen LogP contribution in [0.1, 0.15) is 16.7 Å². The molecule has 1 aliphatic rings. The number of anilines is 1. The molecule has 6 heteroatoms. The lowest BCUT2D eigenvalue weighted by Crippen LogP contribution is -2.40. The predicted octanol–water partition coefficient (Wildman–Crippen LogP) is 4.39. The molecule has 0 radical (unpaired) electrons. The van der Waals surface area contributed by atoms with Gasteiger partial charge in [0.25, 0.3) is 0 Å². The third kappa shape index (κ3) is 3.82. The predicted molar refractivity (Wildman–Crippen MR) is 88.4 cm³/mol. The smallest absolute Gasteiger partial charge is 0.361 e. The minimum absolute atomic E-state index is 0.341. The Morgan fingerprint density at radius 2 is 1.78 bits per heavy atom. The van der Waals surface area contributed by atoms with Gasteiger partial charge < -0.3 is 5.32 Å². The molecule has 0 saturated carbocycles. The standard InChI is InChI=1S/C17H17F3N2S/c18-17(19,20)14-6-3-7-15(10-14)21-16(23)22-9-8-12-4-1-2-5-13(12)11-22/h1-7,10,16,21,23H,8-9,11H2. The number of fused-ring (bicyclic) bond motifs is 1. The third-order valence-electron chi connectivity index (χ3n) is 3.99. The summed E-state index contributed by atoms with van der Waals surface area (Å²) < 4.78 is 38.3. The maximum absolute atomic E-state index is 12.8. The number of rotatable bonds is 3. The number of halogens is 3. The summed E-state index contributed by atoms with van der Waals surface area (Å²) in [6.07, 6.45) is -3.43. The quantitative estimate of drug-likeness (QED) is 0.637. The van der Waals surface area contributed by atoms with Gasteiger partial charge >= 0.3 is 6.18 Å². The fourth-order valence-corrected chi connectivity index (χ4v) is 3.10. The van der Waals surface area contributed by atoms with Gasteiger partial charge in [0.05, 0.1) is 5.56 Å². The van der Waals surface area contributed by atoms with Crippen molar-refractivity contribution in [2.45, 2.75) is 24.6 Å². The Balaban J connectivity index is 1.70. The molecule has 0 bridgehead atoms. The van der Waals surface area contributed by atoms with Crippen molar-refractivity contribution >= 4 is 18.3 Å². The van der Waals surface area contributed by atoms with Crippen LogP contribution in [0.3, 0.4) is 0 Å². The van der Waals surface area contributed by atoms with Crippen LogP contribution in [0.25, 0.3) is 0 Å². The van der Waals surface area contributed by atoms with E-state index in [4.69, 9.17) is 0 Å². The fraction of sp³-hybridized carbons (Fsp3) is 0.294. The van der Waals surface area contributed by atoms with Crippen LogP contribution < -0.4 is 5.32 Å². The molecule has 1 atom stereocenters. The van der Waals surface area contributed by atoms with Gasteiger partial charge in [0, 0.05) is 18.8 Å². The van der Waals surface area contributed by atoms with Crippen LogP contribution in [0.2, 0.25) is 0 Å². The molecule has 1 heterocycles. The van der Waals surface area contributed by atoms with Crippen LogP contribution in [0.15, 0.2) is 48.5 Å². The van der Waals surface area contributed by atoms with E-state index in [1.165, 1.54) is 17.2 Å². The Morgan fingerprint density at radius 1 is 1.04 bits per heavy atom. The first-order chi connectivity index (χ1) is 10.9. The van der Waals surface area contributed by atoms with Crippen LogP contribution >= 0.6 is 12.6 Å². The highest BCUT2D eigenvalue weighted by Crippen LogP contribution is 2.31. The lowest BCUT2D eigenvalue weighted by atomic mass is 10.0. The van der Waals surface area contributed by atoms with Crippen LogP contribution in [0.5, 0.6) is 0 Å². The monoisotopic (exact) mass is 338 g/mol. The van der Waals surface area contributed by atoms with Gasteiger partial charge in [0.1, 0.15) is 5.50 Å².